The van der Waals surface area contributed by atoms with E-state index in [0.717, 1.165) is 35.9 Å². The van der Waals surface area contributed by atoms with Gasteiger partial charge in [-0.05, 0) is 115 Å². The van der Waals surface area contributed by atoms with Crippen LogP contribution in [0.15, 0.2) is 66.7 Å². The number of thiophene rings is 1. The first-order chi connectivity index (χ1) is 18.2. The Morgan fingerprint density at radius 1 is 0.838 bits per heavy atom. The Balaban J connectivity index is 1.21. The fraction of sp³-hybridized carbons (Fsp3) is 0.394. The number of aromatic hydroxyl groups is 1. The lowest BCUT2D eigenvalue weighted by Crippen LogP contribution is -2.25. The normalized spacial score (nSPS) is 16.6. The minimum atomic E-state index is 0.324. The Hall–Kier alpha value is -2.82. The first-order valence-electron chi connectivity index (χ1n) is 14.0. The number of likely N-dealkylation sites (tertiary alicyclic amines) is 1. The van der Waals surface area contributed by atoms with Crippen LogP contribution < -0.4 is 4.74 Å². The largest absolute Gasteiger partial charge is 0.508 e. The Morgan fingerprint density at radius 2 is 1.57 bits per heavy atom. The highest BCUT2D eigenvalue weighted by Gasteiger charge is 2.17. The third-order valence-electron chi connectivity index (χ3n) is 8.17. The van der Waals surface area contributed by atoms with E-state index in [1.54, 1.807) is 11.3 Å². The number of phenolic OH excluding ortho intramolecular Hbond substituents is 1. The quantitative estimate of drug-likeness (QED) is 0.247. The highest BCUT2D eigenvalue weighted by molar-refractivity contribution is 7.22. The van der Waals surface area contributed by atoms with Crippen molar-refractivity contribution in [1.82, 2.24) is 4.90 Å². The second-order valence-corrected chi connectivity index (χ2v) is 11.9. The van der Waals surface area contributed by atoms with Crippen LogP contribution in [0.25, 0.3) is 20.5 Å². The molecule has 1 aliphatic heterocycles. The van der Waals surface area contributed by atoms with Crippen LogP contribution in [0.4, 0.5) is 0 Å². The van der Waals surface area contributed by atoms with Gasteiger partial charge in [-0.1, -0.05) is 49.9 Å². The van der Waals surface area contributed by atoms with Crippen LogP contribution >= 0.6 is 11.3 Å². The van der Waals surface area contributed by atoms with E-state index in [1.807, 2.05) is 12.1 Å². The molecule has 0 amide bonds. The predicted octanol–water partition coefficient (Wildman–Crippen LogP) is 8.07. The Morgan fingerprint density at radius 3 is 2.32 bits per heavy atom. The number of hydrogen-bond donors (Lipinski definition) is 1. The molecule has 0 unspecified atom stereocenters. The van der Waals surface area contributed by atoms with E-state index >= 15 is 0 Å². The molecule has 2 heterocycles. The predicted molar refractivity (Wildman–Crippen MR) is 155 cm³/mol. The topological polar surface area (TPSA) is 32.7 Å². The summed E-state index contributed by atoms with van der Waals surface area (Å²) in [5.41, 5.74) is 5.36. The summed E-state index contributed by atoms with van der Waals surface area (Å²) in [5.74, 6) is 2.13. The zero-order valence-electron chi connectivity index (χ0n) is 21.6. The molecule has 3 nitrogen and oxygen atoms in total. The molecule has 4 heteroatoms. The fourth-order valence-corrected chi connectivity index (χ4v) is 7.35. The van der Waals surface area contributed by atoms with E-state index in [2.05, 4.69) is 59.5 Å². The molecular formula is C33H37NO2S. The summed E-state index contributed by atoms with van der Waals surface area (Å²) in [5, 5.41) is 11.4. The van der Waals surface area contributed by atoms with Gasteiger partial charge in [0.05, 0.1) is 0 Å². The van der Waals surface area contributed by atoms with Crippen LogP contribution in [0.2, 0.25) is 0 Å². The molecule has 4 aromatic rings. The molecule has 0 spiro atoms. The summed E-state index contributed by atoms with van der Waals surface area (Å²) in [6, 6.07) is 23.6. The molecule has 2 aliphatic rings. The van der Waals surface area contributed by atoms with Crippen LogP contribution in [0.3, 0.4) is 0 Å². The summed E-state index contributed by atoms with van der Waals surface area (Å²) in [6.45, 7) is 4.15. The van der Waals surface area contributed by atoms with Gasteiger partial charge in [0.1, 0.15) is 18.1 Å². The van der Waals surface area contributed by atoms with Gasteiger partial charge in [0.15, 0.2) is 0 Å². The van der Waals surface area contributed by atoms with E-state index in [4.69, 9.17) is 4.74 Å². The Bertz CT molecular complexity index is 1310. The van der Waals surface area contributed by atoms with Crippen molar-refractivity contribution in [3.63, 3.8) is 0 Å². The van der Waals surface area contributed by atoms with Crippen molar-refractivity contribution in [3.8, 4) is 21.9 Å². The van der Waals surface area contributed by atoms with Crippen LogP contribution in [-0.2, 0) is 12.8 Å². The molecule has 0 atom stereocenters. The highest BCUT2D eigenvalue weighted by Crippen LogP contribution is 2.41. The van der Waals surface area contributed by atoms with Crippen LogP contribution in [-0.4, -0.2) is 36.2 Å². The molecule has 1 saturated carbocycles. The zero-order chi connectivity index (χ0) is 25.0. The SMILES string of the molecule is Oc1ccc2c(Cc3ccc(CC4CCCC4)cc3)c(-c3ccc(OCCN4CCCC4)cc3)sc2c1. The minimum absolute atomic E-state index is 0.324. The third-order valence-corrected chi connectivity index (χ3v) is 9.41. The molecule has 1 aliphatic carbocycles. The van der Waals surface area contributed by atoms with E-state index in [-0.39, 0.29) is 0 Å². The van der Waals surface area contributed by atoms with Crippen molar-refractivity contribution in [3.05, 3.63) is 83.4 Å². The number of nitrogens with zero attached hydrogens (tertiary/aromatic N) is 1. The van der Waals surface area contributed by atoms with E-state index in [9.17, 15) is 5.11 Å². The lowest BCUT2D eigenvalue weighted by Gasteiger charge is -2.15. The smallest absolute Gasteiger partial charge is 0.119 e. The second kappa shape index (κ2) is 11.3. The fourth-order valence-electron chi connectivity index (χ4n) is 6.09. The zero-order valence-corrected chi connectivity index (χ0v) is 22.4. The lowest BCUT2D eigenvalue weighted by atomic mass is 9.95. The molecule has 1 aromatic heterocycles. The molecule has 0 radical (unpaired) electrons. The van der Waals surface area contributed by atoms with Gasteiger partial charge in [0.2, 0.25) is 0 Å². The van der Waals surface area contributed by atoms with Crippen molar-refractivity contribution >= 4 is 21.4 Å². The van der Waals surface area contributed by atoms with Gasteiger partial charge < -0.3 is 9.84 Å². The number of fused-ring (bicyclic) bond motifs is 1. The number of ether oxygens (including phenoxy) is 1. The highest BCUT2D eigenvalue weighted by atomic mass is 32.1. The maximum Gasteiger partial charge on any atom is 0.119 e. The third kappa shape index (κ3) is 5.86. The Kier molecular flexibility index (Phi) is 7.48. The van der Waals surface area contributed by atoms with E-state index in [0.29, 0.717) is 5.75 Å². The average Bonchev–Trinajstić information content (AvgIpc) is 3.68. The van der Waals surface area contributed by atoms with E-state index < -0.39 is 0 Å². The average molecular weight is 512 g/mol. The lowest BCUT2D eigenvalue weighted by molar-refractivity contribution is 0.238. The van der Waals surface area contributed by atoms with Crippen molar-refractivity contribution in [1.29, 1.82) is 0 Å². The van der Waals surface area contributed by atoms with Gasteiger partial charge >= 0.3 is 0 Å². The van der Waals surface area contributed by atoms with Gasteiger partial charge in [-0.15, -0.1) is 11.3 Å². The molecule has 37 heavy (non-hydrogen) atoms. The monoisotopic (exact) mass is 511 g/mol. The van der Waals surface area contributed by atoms with Crippen molar-refractivity contribution < 1.29 is 9.84 Å². The Labute approximate surface area is 224 Å². The summed E-state index contributed by atoms with van der Waals surface area (Å²) >= 11 is 1.77. The number of phenols is 1. The number of rotatable bonds is 9. The van der Waals surface area contributed by atoms with Gasteiger partial charge in [0.25, 0.3) is 0 Å². The van der Waals surface area contributed by atoms with Gasteiger partial charge in [-0.3, -0.25) is 4.90 Å². The molecule has 3 aromatic carbocycles. The summed E-state index contributed by atoms with van der Waals surface area (Å²) in [4.78, 5) is 3.76. The molecule has 6 rings (SSSR count). The van der Waals surface area contributed by atoms with Crippen LogP contribution in [0.5, 0.6) is 11.5 Å². The minimum Gasteiger partial charge on any atom is -0.508 e. The first kappa shape index (κ1) is 24.5. The van der Waals surface area contributed by atoms with Crippen LogP contribution in [0.1, 0.15) is 55.2 Å². The molecular weight excluding hydrogens is 474 g/mol. The summed E-state index contributed by atoms with van der Waals surface area (Å²) in [7, 11) is 0. The maximum atomic E-state index is 10.1. The van der Waals surface area contributed by atoms with Crippen molar-refractivity contribution in [2.24, 2.45) is 5.92 Å². The van der Waals surface area contributed by atoms with Crippen molar-refractivity contribution in [2.45, 2.75) is 51.4 Å². The second-order valence-electron chi connectivity index (χ2n) is 10.9. The van der Waals surface area contributed by atoms with Crippen molar-refractivity contribution in [2.75, 3.05) is 26.2 Å². The summed E-state index contributed by atoms with van der Waals surface area (Å²) in [6.07, 6.45) is 10.3. The van der Waals surface area contributed by atoms with Crippen LogP contribution in [0, 0.1) is 5.92 Å². The maximum absolute atomic E-state index is 10.1. The van der Waals surface area contributed by atoms with Gasteiger partial charge in [-0.2, -0.15) is 0 Å². The standard InChI is InChI=1S/C33H37NO2S/c35-28-13-16-30-31(22-26-9-7-25(8-10-26)21-24-5-1-2-6-24)33(37-32(30)23-28)27-11-14-29(15-12-27)36-20-19-34-17-3-4-18-34/h7-16,23-24,35H,1-6,17-22H2. The molecule has 192 valence electrons. The molecule has 0 bridgehead atoms. The van der Waals surface area contributed by atoms with E-state index in [1.165, 1.54) is 90.6 Å². The molecule has 1 saturated heterocycles. The first-order valence-corrected chi connectivity index (χ1v) is 14.8. The number of hydrogen-bond acceptors (Lipinski definition) is 4. The van der Waals surface area contributed by atoms with Gasteiger partial charge in [0, 0.05) is 16.1 Å². The molecule has 2 fully saturated rings. The molecule has 1 N–H and O–H groups in total. The number of benzene rings is 3. The summed E-state index contributed by atoms with van der Waals surface area (Å²) < 4.78 is 7.18. The van der Waals surface area contributed by atoms with Gasteiger partial charge in [-0.25, -0.2) is 0 Å².